The summed E-state index contributed by atoms with van der Waals surface area (Å²) in [5.41, 5.74) is 2.01. The number of aromatic nitrogens is 1. The molecule has 2 heterocycles. The number of likely N-dealkylation sites (tertiary alicyclic amines) is 1. The topological polar surface area (TPSA) is 46.3 Å². The van der Waals surface area contributed by atoms with Gasteiger partial charge in [-0.1, -0.05) is 53.7 Å². The van der Waals surface area contributed by atoms with Gasteiger partial charge in [0.15, 0.2) is 5.76 Å². The molecule has 2 unspecified atom stereocenters. The molecular formula is C22H21F3N2O2. The van der Waals surface area contributed by atoms with Crippen molar-refractivity contribution in [2.24, 2.45) is 11.8 Å². The molecule has 152 valence electrons. The van der Waals surface area contributed by atoms with Crippen molar-refractivity contribution in [3.63, 3.8) is 0 Å². The Bertz CT molecular complexity index is 931. The predicted octanol–water partition coefficient (Wildman–Crippen LogP) is 4.90. The summed E-state index contributed by atoms with van der Waals surface area (Å²) < 4.78 is 43.7. The Labute approximate surface area is 166 Å². The Morgan fingerprint density at radius 1 is 1.24 bits per heavy atom. The fourth-order valence-corrected chi connectivity index (χ4v) is 3.93. The summed E-state index contributed by atoms with van der Waals surface area (Å²) >= 11 is 0. The maximum atomic E-state index is 13.0. The Balaban J connectivity index is 1.43. The van der Waals surface area contributed by atoms with Crippen molar-refractivity contribution in [3.8, 4) is 0 Å². The molecule has 1 aromatic heterocycles. The second-order valence-corrected chi connectivity index (χ2v) is 7.57. The zero-order valence-corrected chi connectivity index (χ0v) is 15.7. The molecule has 2 aromatic rings. The summed E-state index contributed by atoms with van der Waals surface area (Å²) in [5.74, 6) is -1.08. The van der Waals surface area contributed by atoms with Gasteiger partial charge in [-0.25, -0.2) is 0 Å². The van der Waals surface area contributed by atoms with Crippen molar-refractivity contribution in [2.45, 2.75) is 25.4 Å². The van der Waals surface area contributed by atoms with Crippen LogP contribution in [0.15, 0.2) is 59.3 Å². The van der Waals surface area contributed by atoms with Gasteiger partial charge in [-0.05, 0) is 30.7 Å². The average Bonchev–Trinajstić information content (AvgIpc) is 3.37. The molecule has 4 nitrogen and oxygen atoms in total. The van der Waals surface area contributed by atoms with E-state index < -0.39 is 12.1 Å². The van der Waals surface area contributed by atoms with E-state index in [0.717, 1.165) is 18.9 Å². The van der Waals surface area contributed by atoms with Gasteiger partial charge in [-0.3, -0.25) is 4.79 Å². The fraction of sp³-hybridized carbons (Fsp3) is 0.364. The van der Waals surface area contributed by atoms with Crippen LogP contribution in [0.3, 0.4) is 0 Å². The molecule has 1 aliphatic heterocycles. The first-order chi connectivity index (χ1) is 13.9. The summed E-state index contributed by atoms with van der Waals surface area (Å²) in [4.78, 5) is 14.8. The van der Waals surface area contributed by atoms with E-state index in [4.69, 9.17) is 4.52 Å². The second kappa shape index (κ2) is 7.89. The van der Waals surface area contributed by atoms with E-state index in [0.29, 0.717) is 30.1 Å². The molecule has 1 saturated heterocycles. The third kappa shape index (κ3) is 4.28. The van der Waals surface area contributed by atoms with Crippen LogP contribution in [-0.4, -0.2) is 35.2 Å². The highest BCUT2D eigenvalue weighted by Gasteiger charge is 2.38. The molecule has 0 saturated carbocycles. The Kier molecular flexibility index (Phi) is 5.30. The van der Waals surface area contributed by atoms with Crippen LogP contribution in [0.2, 0.25) is 0 Å². The average molecular weight is 402 g/mol. The number of hydrogen-bond donors (Lipinski definition) is 0. The van der Waals surface area contributed by atoms with Gasteiger partial charge in [-0.2, -0.15) is 13.2 Å². The smallest absolute Gasteiger partial charge is 0.355 e. The number of carbonyl (C=O) groups is 1. The highest BCUT2D eigenvalue weighted by Crippen LogP contribution is 2.36. The Morgan fingerprint density at radius 2 is 2.03 bits per heavy atom. The van der Waals surface area contributed by atoms with E-state index >= 15 is 0 Å². The quantitative estimate of drug-likeness (QED) is 0.731. The van der Waals surface area contributed by atoms with Crippen LogP contribution >= 0.6 is 0 Å². The van der Waals surface area contributed by atoms with Crippen LogP contribution in [0, 0.1) is 11.8 Å². The number of hydrogen-bond acceptors (Lipinski definition) is 3. The lowest BCUT2D eigenvalue weighted by atomic mass is 9.94. The zero-order chi connectivity index (χ0) is 20.4. The minimum Gasteiger partial charge on any atom is -0.355 e. The molecule has 1 fully saturated rings. The molecule has 0 spiro atoms. The van der Waals surface area contributed by atoms with Crippen molar-refractivity contribution < 1.29 is 22.5 Å². The third-order valence-corrected chi connectivity index (χ3v) is 5.52. The monoisotopic (exact) mass is 402 g/mol. The fourth-order valence-electron chi connectivity index (χ4n) is 3.93. The molecule has 0 N–H and O–H groups in total. The molecule has 0 bridgehead atoms. The van der Waals surface area contributed by atoms with Gasteiger partial charge >= 0.3 is 6.18 Å². The largest absolute Gasteiger partial charge is 0.395 e. The van der Waals surface area contributed by atoms with Gasteiger partial charge in [0.2, 0.25) is 0 Å². The van der Waals surface area contributed by atoms with Crippen LogP contribution in [0.1, 0.15) is 34.5 Å². The van der Waals surface area contributed by atoms with Crippen LogP contribution in [0.4, 0.5) is 13.2 Å². The molecule has 2 atom stereocenters. The summed E-state index contributed by atoms with van der Waals surface area (Å²) in [6.07, 6.45) is 2.66. The number of benzene rings is 1. The summed E-state index contributed by atoms with van der Waals surface area (Å²) in [6, 6.07) is 10.2. The number of halogens is 3. The van der Waals surface area contributed by atoms with Crippen molar-refractivity contribution in [1.29, 1.82) is 0 Å². The molecule has 29 heavy (non-hydrogen) atoms. The Morgan fingerprint density at radius 3 is 2.72 bits per heavy atom. The first kappa shape index (κ1) is 19.5. The molecule has 7 heteroatoms. The zero-order valence-electron chi connectivity index (χ0n) is 15.7. The van der Waals surface area contributed by atoms with E-state index in [2.05, 4.69) is 17.3 Å². The van der Waals surface area contributed by atoms with Crippen molar-refractivity contribution in [1.82, 2.24) is 10.1 Å². The third-order valence-electron chi connectivity index (χ3n) is 5.52. The van der Waals surface area contributed by atoms with Gasteiger partial charge in [0.05, 0.1) is 12.1 Å². The number of allylic oxidation sites excluding steroid dienone is 4. The molecule has 1 amide bonds. The van der Waals surface area contributed by atoms with Gasteiger partial charge in [0, 0.05) is 18.7 Å². The van der Waals surface area contributed by atoms with Crippen LogP contribution < -0.4 is 0 Å². The first-order valence-electron chi connectivity index (χ1n) is 9.65. The number of nitrogens with zero attached hydrogens (tertiary/aromatic N) is 2. The highest BCUT2D eigenvalue weighted by molar-refractivity contribution is 5.99. The number of amides is 1. The lowest BCUT2D eigenvalue weighted by Gasteiger charge is -2.19. The van der Waals surface area contributed by atoms with Gasteiger partial charge in [-0.15, -0.1) is 0 Å². The number of carbonyl (C=O) groups excluding carboxylic acids is 1. The number of rotatable bonds is 4. The molecule has 0 radical (unpaired) electrons. The van der Waals surface area contributed by atoms with Gasteiger partial charge < -0.3 is 9.42 Å². The van der Waals surface area contributed by atoms with E-state index in [1.165, 1.54) is 23.9 Å². The Hall–Kier alpha value is -2.83. The summed E-state index contributed by atoms with van der Waals surface area (Å²) in [6.45, 7) is 1.29. The summed E-state index contributed by atoms with van der Waals surface area (Å²) in [5, 5.41) is 3.72. The van der Waals surface area contributed by atoms with Crippen LogP contribution in [0.5, 0.6) is 0 Å². The van der Waals surface area contributed by atoms with E-state index in [-0.39, 0.29) is 18.1 Å². The highest BCUT2D eigenvalue weighted by atomic mass is 19.4. The van der Waals surface area contributed by atoms with E-state index in [9.17, 15) is 18.0 Å². The summed E-state index contributed by atoms with van der Waals surface area (Å²) in [7, 11) is 0. The minimum absolute atomic E-state index is 0.174. The SMILES string of the molecule is O=C(c1cnoc1C1=CCC(C(F)(F)F)C=C1)N1CCC(Cc2ccccc2)C1. The van der Waals surface area contributed by atoms with Crippen molar-refractivity contribution in [2.75, 3.05) is 13.1 Å². The van der Waals surface area contributed by atoms with Gasteiger partial charge in [0.25, 0.3) is 5.91 Å². The predicted molar refractivity (Wildman–Crippen MR) is 102 cm³/mol. The van der Waals surface area contributed by atoms with Gasteiger partial charge in [0.1, 0.15) is 5.56 Å². The molecule has 2 aliphatic rings. The van der Waals surface area contributed by atoms with Crippen molar-refractivity contribution >= 4 is 11.5 Å². The molecule has 1 aromatic carbocycles. The standard InChI is InChI=1S/C22H21F3N2O2/c23-22(24,25)18-8-6-17(7-9-18)20-19(13-26-29-20)21(28)27-11-10-16(14-27)12-15-4-2-1-3-5-15/h1-8,13,16,18H,9-12,14H2. The lowest BCUT2D eigenvalue weighted by Crippen LogP contribution is -2.29. The second-order valence-electron chi connectivity index (χ2n) is 7.57. The first-order valence-corrected chi connectivity index (χ1v) is 9.65. The van der Waals surface area contributed by atoms with Crippen LogP contribution in [-0.2, 0) is 6.42 Å². The van der Waals surface area contributed by atoms with Crippen molar-refractivity contribution in [3.05, 3.63) is 71.6 Å². The van der Waals surface area contributed by atoms with Crippen LogP contribution in [0.25, 0.3) is 5.57 Å². The van der Waals surface area contributed by atoms with E-state index in [1.54, 1.807) is 4.90 Å². The normalized spacial score (nSPS) is 22.0. The number of alkyl halides is 3. The lowest BCUT2D eigenvalue weighted by molar-refractivity contribution is -0.160. The van der Waals surface area contributed by atoms with E-state index in [1.807, 2.05) is 18.2 Å². The molecular weight excluding hydrogens is 381 g/mol. The maximum Gasteiger partial charge on any atom is 0.395 e. The minimum atomic E-state index is -4.28. The molecule has 4 rings (SSSR count). The maximum absolute atomic E-state index is 13.0. The molecule has 1 aliphatic carbocycles.